The van der Waals surface area contributed by atoms with Crippen LogP contribution in [0.1, 0.15) is 25.7 Å². The zero-order valence-corrected chi connectivity index (χ0v) is 11.0. The molecule has 1 rings (SSSR count). The fraction of sp³-hybridized carbons (Fsp3) is 0.615. The van der Waals surface area contributed by atoms with E-state index in [1.807, 2.05) is 6.07 Å². The number of carbonyl (C=O) groups is 2. The molecule has 1 aliphatic rings. The van der Waals surface area contributed by atoms with Crippen LogP contribution in [0.5, 0.6) is 0 Å². The summed E-state index contributed by atoms with van der Waals surface area (Å²) >= 11 is 0. The smallest absolute Gasteiger partial charge is 0.265 e. The fourth-order valence-corrected chi connectivity index (χ4v) is 1.93. The first-order chi connectivity index (χ1) is 9.29. The second kappa shape index (κ2) is 8.97. The predicted molar refractivity (Wildman–Crippen MR) is 70.8 cm³/mol. The lowest BCUT2D eigenvalue weighted by molar-refractivity contribution is -0.127. The third-order valence-electron chi connectivity index (χ3n) is 2.97. The molecule has 104 valence electrons. The minimum absolute atomic E-state index is 0.144. The number of hydrogen-bond donors (Lipinski definition) is 2. The molecule has 0 saturated carbocycles. The monoisotopic (exact) mass is 264 g/mol. The van der Waals surface area contributed by atoms with E-state index in [0.29, 0.717) is 19.5 Å². The maximum absolute atomic E-state index is 12.0. The number of likely N-dealkylation sites (tertiary alicyclic amines) is 1. The summed E-state index contributed by atoms with van der Waals surface area (Å²) in [6.07, 6.45) is 6.03. The SMILES string of the molecule is N#C/C(=C/NCCCNC=O)C(=O)N1CCCCC1. The Balaban J connectivity index is 2.36. The highest BCUT2D eigenvalue weighted by molar-refractivity contribution is 5.97. The van der Waals surface area contributed by atoms with Crippen LogP contribution in [-0.4, -0.2) is 43.4 Å². The number of hydrogen-bond acceptors (Lipinski definition) is 4. The van der Waals surface area contributed by atoms with E-state index in [2.05, 4.69) is 10.6 Å². The maximum atomic E-state index is 12.0. The van der Waals surface area contributed by atoms with Crippen molar-refractivity contribution in [3.8, 4) is 6.07 Å². The molecule has 0 spiro atoms. The highest BCUT2D eigenvalue weighted by atomic mass is 16.2. The van der Waals surface area contributed by atoms with E-state index >= 15 is 0 Å². The van der Waals surface area contributed by atoms with E-state index in [1.54, 1.807) is 4.90 Å². The summed E-state index contributed by atoms with van der Waals surface area (Å²) in [7, 11) is 0. The van der Waals surface area contributed by atoms with Crippen molar-refractivity contribution < 1.29 is 9.59 Å². The number of carbonyl (C=O) groups excluding carboxylic acids is 2. The molecular weight excluding hydrogens is 244 g/mol. The van der Waals surface area contributed by atoms with Gasteiger partial charge in [-0.05, 0) is 25.7 Å². The van der Waals surface area contributed by atoms with Gasteiger partial charge >= 0.3 is 0 Å². The molecule has 6 heteroatoms. The lowest BCUT2D eigenvalue weighted by atomic mass is 10.1. The lowest BCUT2D eigenvalue weighted by Gasteiger charge is -2.26. The molecule has 19 heavy (non-hydrogen) atoms. The largest absolute Gasteiger partial charge is 0.390 e. The highest BCUT2D eigenvalue weighted by Gasteiger charge is 2.19. The van der Waals surface area contributed by atoms with Crippen LogP contribution >= 0.6 is 0 Å². The summed E-state index contributed by atoms with van der Waals surface area (Å²) < 4.78 is 0. The van der Waals surface area contributed by atoms with E-state index in [0.717, 1.165) is 38.8 Å². The number of nitrogens with one attached hydrogen (secondary N) is 2. The van der Waals surface area contributed by atoms with E-state index in [-0.39, 0.29) is 11.5 Å². The highest BCUT2D eigenvalue weighted by Crippen LogP contribution is 2.11. The predicted octanol–water partition coefficient (Wildman–Crippen LogP) is 0.132. The molecule has 0 unspecified atom stereocenters. The standard InChI is InChI=1S/C13H20N4O2/c14-9-12(10-15-5-4-6-16-11-18)13(19)17-7-2-1-3-8-17/h10-11,15H,1-8H2,(H,16,18)/b12-10-. The number of nitrogens with zero attached hydrogens (tertiary/aromatic N) is 2. The van der Waals surface area contributed by atoms with Crippen molar-refractivity contribution in [2.24, 2.45) is 0 Å². The average Bonchev–Trinajstić information content (AvgIpc) is 2.47. The molecule has 1 saturated heterocycles. The molecule has 0 radical (unpaired) electrons. The van der Waals surface area contributed by atoms with Crippen molar-refractivity contribution >= 4 is 12.3 Å². The topological polar surface area (TPSA) is 85.2 Å². The molecule has 0 aliphatic carbocycles. The van der Waals surface area contributed by atoms with Gasteiger partial charge in [0.05, 0.1) is 0 Å². The first kappa shape index (κ1) is 15.0. The molecule has 2 N–H and O–H groups in total. The van der Waals surface area contributed by atoms with Gasteiger partial charge in [-0.2, -0.15) is 5.26 Å². The van der Waals surface area contributed by atoms with Crippen molar-refractivity contribution in [2.75, 3.05) is 26.2 Å². The third-order valence-corrected chi connectivity index (χ3v) is 2.97. The van der Waals surface area contributed by atoms with Crippen LogP contribution in [0.3, 0.4) is 0 Å². The van der Waals surface area contributed by atoms with Crippen LogP contribution in [-0.2, 0) is 9.59 Å². The molecule has 0 bridgehead atoms. The van der Waals surface area contributed by atoms with Crippen LogP contribution in [0.2, 0.25) is 0 Å². The number of amides is 2. The van der Waals surface area contributed by atoms with Crippen molar-refractivity contribution in [3.63, 3.8) is 0 Å². The summed E-state index contributed by atoms with van der Waals surface area (Å²) in [5.41, 5.74) is 0.144. The van der Waals surface area contributed by atoms with Gasteiger partial charge in [0.1, 0.15) is 11.6 Å². The lowest BCUT2D eigenvalue weighted by Crippen LogP contribution is -2.36. The molecule has 6 nitrogen and oxygen atoms in total. The Morgan fingerprint density at radius 2 is 1.89 bits per heavy atom. The Hall–Kier alpha value is -2.03. The van der Waals surface area contributed by atoms with Gasteiger partial charge in [0.15, 0.2) is 0 Å². The van der Waals surface area contributed by atoms with Crippen LogP contribution in [0.4, 0.5) is 0 Å². The van der Waals surface area contributed by atoms with Crippen LogP contribution in [0, 0.1) is 11.3 Å². The van der Waals surface area contributed by atoms with Gasteiger partial charge in [0, 0.05) is 32.4 Å². The summed E-state index contributed by atoms with van der Waals surface area (Å²) in [5.74, 6) is -0.194. The van der Waals surface area contributed by atoms with E-state index in [1.165, 1.54) is 6.20 Å². The quantitative estimate of drug-likeness (QED) is 0.296. The van der Waals surface area contributed by atoms with E-state index in [4.69, 9.17) is 5.26 Å². The molecule has 1 aliphatic heterocycles. The van der Waals surface area contributed by atoms with Gasteiger partial charge in [-0.15, -0.1) is 0 Å². The first-order valence-electron chi connectivity index (χ1n) is 6.59. The number of rotatable bonds is 7. The Kier molecular flexibility index (Phi) is 7.10. The molecule has 0 atom stereocenters. The molecule has 0 aromatic rings. The Morgan fingerprint density at radius 1 is 1.21 bits per heavy atom. The van der Waals surface area contributed by atoms with Crippen molar-refractivity contribution in [1.82, 2.24) is 15.5 Å². The van der Waals surface area contributed by atoms with Gasteiger partial charge in [-0.1, -0.05) is 0 Å². The minimum atomic E-state index is -0.194. The second-order valence-corrected chi connectivity index (χ2v) is 4.40. The summed E-state index contributed by atoms with van der Waals surface area (Å²) in [4.78, 5) is 23.8. The Labute approximate surface area is 113 Å². The summed E-state index contributed by atoms with van der Waals surface area (Å²) in [5, 5.41) is 14.5. The van der Waals surface area contributed by atoms with Gasteiger partial charge in [0.2, 0.25) is 6.41 Å². The van der Waals surface area contributed by atoms with Gasteiger partial charge in [0.25, 0.3) is 5.91 Å². The summed E-state index contributed by atoms with van der Waals surface area (Å²) in [6, 6.07) is 1.94. The van der Waals surface area contributed by atoms with E-state index in [9.17, 15) is 9.59 Å². The van der Waals surface area contributed by atoms with Crippen molar-refractivity contribution in [1.29, 1.82) is 5.26 Å². The molecule has 0 aromatic heterocycles. The Morgan fingerprint density at radius 3 is 2.53 bits per heavy atom. The third kappa shape index (κ3) is 5.42. The second-order valence-electron chi connectivity index (χ2n) is 4.40. The molecule has 1 heterocycles. The summed E-state index contributed by atoms with van der Waals surface area (Å²) in [6.45, 7) is 2.66. The average molecular weight is 264 g/mol. The van der Waals surface area contributed by atoms with Crippen LogP contribution in [0.15, 0.2) is 11.8 Å². The van der Waals surface area contributed by atoms with Crippen molar-refractivity contribution in [2.45, 2.75) is 25.7 Å². The van der Waals surface area contributed by atoms with E-state index < -0.39 is 0 Å². The Bertz CT molecular complexity index is 367. The molecule has 0 aromatic carbocycles. The van der Waals surface area contributed by atoms with Gasteiger partial charge in [-0.3, -0.25) is 9.59 Å². The van der Waals surface area contributed by atoms with Gasteiger partial charge in [-0.25, -0.2) is 0 Å². The maximum Gasteiger partial charge on any atom is 0.265 e. The van der Waals surface area contributed by atoms with Gasteiger partial charge < -0.3 is 15.5 Å². The number of nitriles is 1. The van der Waals surface area contributed by atoms with Crippen LogP contribution < -0.4 is 10.6 Å². The zero-order valence-electron chi connectivity index (χ0n) is 11.0. The molecular formula is C13H20N4O2. The zero-order chi connectivity index (χ0) is 13.9. The van der Waals surface area contributed by atoms with Crippen molar-refractivity contribution in [3.05, 3.63) is 11.8 Å². The van der Waals surface area contributed by atoms with Crippen LogP contribution in [0.25, 0.3) is 0 Å². The molecule has 1 fully saturated rings. The number of piperidine rings is 1. The fourth-order valence-electron chi connectivity index (χ4n) is 1.93. The molecule has 2 amide bonds. The first-order valence-corrected chi connectivity index (χ1v) is 6.59. The normalized spacial score (nSPS) is 15.5. The minimum Gasteiger partial charge on any atom is -0.390 e.